The van der Waals surface area contributed by atoms with Gasteiger partial charge in [-0.05, 0) is 38.8 Å². The van der Waals surface area contributed by atoms with Crippen molar-refractivity contribution in [2.24, 2.45) is 7.05 Å². The first kappa shape index (κ1) is 14.8. The average molecular weight is 299 g/mol. The molecule has 22 heavy (non-hydrogen) atoms. The van der Waals surface area contributed by atoms with Gasteiger partial charge in [0, 0.05) is 30.1 Å². The highest BCUT2D eigenvalue weighted by Gasteiger charge is 2.51. The van der Waals surface area contributed by atoms with Crippen LogP contribution in [-0.2, 0) is 18.3 Å². The largest absolute Gasteiger partial charge is 0.348 e. The SMILES string of the molecule is C=C1C(CCc2c(C)n(C)c3ccccc23)[N+](=O)OC1(C)C. The number of para-hydroxylation sites is 1. The fourth-order valence-corrected chi connectivity index (χ4v) is 3.35. The third kappa shape index (κ3) is 2.14. The fraction of sp³-hybridized carbons (Fsp3) is 0.444. The molecule has 1 aliphatic heterocycles. The van der Waals surface area contributed by atoms with Crippen LogP contribution < -0.4 is 0 Å². The Bertz CT molecular complexity index is 771. The van der Waals surface area contributed by atoms with E-state index in [1.807, 2.05) is 13.8 Å². The number of aryl methyl sites for hydroxylation is 2. The summed E-state index contributed by atoms with van der Waals surface area (Å²) in [6.45, 7) is 9.99. The van der Waals surface area contributed by atoms with Crippen molar-refractivity contribution in [2.45, 2.75) is 45.3 Å². The van der Waals surface area contributed by atoms with Crippen LogP contribution in [0.2, 0.25) is 0 Å². The van der Waals surface area contributed by atoms with Crippen molar-refractivity contribution in [2.75, 3.05) is 0 Å². The molecule has 2 heterocycles. The maximum absolute atomic E-state index is 12.0. The molecule has 0 saturated carbocycles. The van der Waals surface area contributed by atoms with Gasteiger partial charge >= 0.3 is 0 Å². The van der Waals surface area contributed by atoms with Crippen molar-refractivity contribution in [3.05, 3.63) is 52.6 Å². The van der Waals surface area contributed by atoms with Crippen LogP contribution in [0, 0.1) is 11.8 Å². The smallest absolute Gasteiger partial charge is 0.282 e. The van der Waals surface area contributed by atoms with Gasteiger partial charge in [0.25, 0.3) is 6.04 Å². The molecule has 1 aliphatic rings. The normalized spacial score (nSPS) is 20.6. The average Bonchev–Trinajstić information content (AvgIpc) is 2.82. The molecule has 1 unspecified atom stereocenters. The Balaban J connectivity index is 1.88. The molecule has 0 aliphatic carbocycles. The predicted octanol–water partition coefficient (Wildman–Crippen LogP) is 3.85. The number of benzene rings is 1. The van der Waals surface area contributed by atoms with E-state index in [1.54, 1.807) is 0 Å². The van der Waals surface area contributed by atoms with E-state index in [9.17, 15) is 4.91 Å². The van der Waals surface area contributed by atoms with Crippen LogP contribution in [0.1, 0.15) is 31.5 Å². The number of fused-ring (bicyclic) bond motifs is 1. The van der Waals surface area contributed by atoms with Gasteiger partial charge < -0.3 is 4.57 Å². The standard InChI is InChI=1S/C18H23N2O2/c1-12-16(20(21)22-18(12,3)4)11-10-14-13(2)19(5)17-9-7-6-8-15(14)17/h6-9,16H,1,10-11H2,2-5H3/q+1. The molecule has 1 aromatic carbocycles. The molecule has 0 radical (unpaired) electrons. The van der Waals surface area contributed by atoms with E-state index in [2.05, 4.69) is 49.4 Å². The third-order valence-electron chi connectivity index (χ3n) is 4.95. The topological polar surface area (TPSA) is 34.2 Å². The van der Waals surface area contributed by atoms with Gasteiger partial charge in [-0.1, -0.05) is 24.8 Å². The number of nitrogens with zero attached hydrogens (tertiary/aromatic N) is 2. The van der Waals surface area contributed by atoms with E-state index >= 15 is 0 Å². The van der Waals surface area contributed by atoms with Crippen LogP contribution in [0.25, 0.3) is 10.9 Å². The molecule has 2 aromatic rings. The molecule has 0 amide bonds. The Morgan fingerprint density at radius 2 is 2.05 bits per heavy atom. The van der Waals surface area contributed by atoms with Crippen molar-refractivity contribution < 1.29 is 9.76 Å². The molecular formula is C18H23N2O2+. The first-order valence-corrected chi connectivity index (χ1v) is 7.70. The van der Waals surface area contributed by atoms with Gasteiger partial charge in [0.05, 0.1) is 10.5 Å². The molecule has 3 rings (SSSR count). The summed E-state index contributed by atoms with van der Waals surface area (Å²) in [4.78, 5) is 18.1. The lowest BCUT2D eigenvalue weighted by molar-refractivity contribution is -0.814. The Morgan fingerprint density at radius 1 is 1.36 bits per heavy atom. The second kappa shape index (κ2) is 4.97. The second-order valence-corrected chi connectivity index (χ2v) is 6.61. The maximum Gasteiger partial charge on any atom is 0.282 e. The summed E-state index contributed by atoms with van der Waals surface area (Å²) in [6.07, 6.45) is 1.57. The zero-order valence-electron chi connectivity index (χ0n) is 13.7. The number of hydrogen-bond donors (Lipinski definition) is 0. The molecule has 1 aromatic heterocycles. The van der Waals surface area contributed by atoms with E-state index in [0.29, 0.717) is 0 Å². The summed E-state index contributed by atoms with van der Waals surface area (Å²) >= 11 is 0. The van der Waals surface area contributed by atoms with E-state index in [-0.39, 0.29) is 6.04 Å². The van der Waals surface area contributed by atoms with E-state index in [1.165, 1.54) is 22.2 Å². The highest BCUT2D eigenvalue weighted by atomic mass is 16.8. The Kier molecular flexibility index (Phi) is 3.35. The zero-order chi connectivity index (χ0) is 16.1. The molecule has 4 heteroatoms. The van der Waals surface area contributed by atoms with Crippen LogP contribution in [-0.4, -0.2) is 21.1 Å². The Labute approximate surface area is 130 Å². The monoisotopic (exact) mass is 299 g/mol. The molecule has 0 spiro atoms. The van der Waals surface area contributed by atoms with E-state index < -0.39 is 5.60 Å². The molecule has 1 saturated heterocycles. The summed E-state index contributed by atoms with van der Waals surface area (Å²) in [5, 5.41) is 1.27. The molecule has 1 atom stereocenters. The highest BCUT2D eigenvalue weighted by Crippen LogP contribution is 2.35. The summed E-state index contributed by atoms with van der Waals surface area (Å²) in [5.41, 5.74) is 4.09. The quantitative estimate of drug-likeness (QED) is 0.807. The van der Waals surface area contributed by atoms with Crippen molar-refractivity contribution in [1.82, 2.24) is 4.57 Å². The van der Waals surface area contributed by atoms with Crippen LogP contribution in [0.3, 0.4) is 0 Å². The van der Waals surface area contributed by atoms with Gasteiger partial charge in [-0.2, -0.15) is 0 Å². The van der Waals surface area contributed by atoms with Crippen LogP contribution in [0.15, 0.2) is 36.4 Å². The van der Waals surface area contributed by atoms with Gasteiger partial charge in [-0.25, -0.2) is 4.84 Å². The van der Waals surface area contributed by atoms with Gasteiger partial charge in [0.1, 0.15) is 0 Å². The molecule has 0 N–H and O–H groups in total. The molecular weight excluding hydrogens is 276 g/mol. The predicted molar refractivity (Wildman–Crippen MR) is 87.7 cm³/mol. The highest BCUT2D eigenvalue weighted by molar-refractivity contribution is 5.85. The van der Waals surface area contributed by atoms with E-state index in [0.717, 1.165) is 23.3 Å². The van der Waals surface area contributed by atoms with Crippen molar-refractivity contribution in [3.63, 3.8) is 0 Å². The second-order valence-electron chi connectivity index (χ2n) is 6.61. The summed E-state index contributed by atoms with van der Waals surface area (Å²) in [7, 11) is 2.09. The Morgan fingerprint density at radius 3 is 2.68 bits per heavy atom. The van der Waals surface area contributed by atoms with Crippen LogP contribution in [0.5, 0.6) is 0 Å². The third-order valence-corrected chi connectivity index (χ3v) is 4.95. The lowest BCUT2D eigenvalue weighted by Gasteiger charge is -2.09. The zero-order valence-corrected chi connectivity index (χ0v) is 13.7. The summed E-state index contributed by atoms with van der Waals surface area (Å²) in [5.74, 6) is 0. The lowest BCUT2D eigenvalue weighted by atomic mass is 9.91. The van der Waals surface area contributed by atoms with Crippen molar-refractivity contribution >= 4 is 10.9 Å². The summed E-state index contributed by atoms with van der Waals surface area (Å²) < 4.78 is 2.21. The summed E-state index contributed by atoms with van der Waals surface area (Å²) in [6, 6.07) is 8.13. The molecule has 0 bridgehead atoms. The molecule has 4 nitrogen and oxygen atoms in total. The number of aromatic nitrogens is 1. The lowest BCUT2D eigenvalue weighted by Crippen LogP contribution is -2.21. The van der Waals surface area contributed by atoms with Gasteiger partial charge in [0.15, 0.2) is 0 Å². The van der Waals surface area contributed by atoms with Crippen LogP contribution in [0.4, 0.5) is 0 Å². The minimum atomic E-state index is -0.569. The van der Waals surface area contributed by atoms with E-state index in [4.69, 9.17) is 4.84 Å². The fourth-order valence-electron chi connectivity index (χ4n) is 3.35. The first-order valence-electron chi connectivity index (χ1n) is 7.70. The number of rotatable bonds is 3. The minimum Gasteiger partial charge on any atom is -0.348 e. The van der Waals surface area contributed by atoms with Gasteiger partial charge in [-0.15, -0.1) is 0 Å². The maximum atomic E-state index is 12.0. The first-order chi connectivity index (χ1) is 10.3. The minimum absolute atomic E-state index is 0.270. The molecule has 1 fully saturated rings. The number of hydrogen-bond acceptors (Lipinski definition) is 2. The van der Waals surface area contributed by atoms with Gasteiger partial charge in [-0.3, -0.25) is 0 Å². The van der Waals surface area contributed by atoms with Crippen molar-refractivity contribution in [1.29, 1.82) is 0 Å². The van der Waals surface area contributed by atoms with Crippen LogP contribution >= 0.6 is 0 Å². The Hall–Kier alpha value is -2.10. The van der Waals surface area contributed by atoms with Gasteiger partial charge in [0.2, 0.25) is 10.5 Å². The molecule has 116 valence electrons. The van der Waals surface area contributed by atoms with Crippen molar-refractivity contribution in [3.8, 4) is 0 Å².